The lowest BCUT2D eigenvalue weighted by Gasteiger charge is -2.53. The number of nitrogens with one attached hydrogen (secondary N) is 3. The number of hydrogen-bond acceptors (Lipinski definition) is 7. The van der Waals surface area contributed by atoms with Crippen LogP contribution >= 0.6 is 0 Å². The van der Waals surface area contributed by atoms with Gasteiger partial charge in [0.15, 0.2) is 17.4 Å². The molecule has 0 aliphatic carbocycles. The number of hydrogen-bond donors (Lipinski definition) is 3. The van der Waals surface area contributed by atoms with Crippen LogP contribution in [-0.2, 0) is 0 Å². The summed E-state index contributed by atoms with van der Waals surface area (Å²) in [5, 5.41) is 9.29. The van der Waals surface area contributed by atoms with Crippen molar-refractivity contribution in [3.8, 4) is 11.4 Å². The summed E-state index contributed by atoms with van der Waals surface area (Å²) in [5.74, 6) is 0.329. The zero-order chi connectivity index (χ0) is 29.4. The van der Waals surface area contributed by atoms with Gasteiger partial charge >= 0.3 is 6.09 Å². The van der Waals surface area contributed by atoms with Gasteiger partial charge in [-0.25, -0.2) is 14.2 Å². The second-order valence-electron chi connectivity index (χ2n) is 12.3. The largest absolute Gasteiger partial charge is 0.412 e. The lowest BCUT2D eigenvalue weighted by Crippen LogP contribution is -2.61. The molecule has 216 valence electrons. The molecule has 0 unspecified atom stereocenters. The van der Waals surface area contributed by atoms with Crippen molar-refractivity contribution < 1.29 is 13.9 Å². The van der Waals surface area contributed by atoms with Crippen LogP contribution in [0.4, 0.5) is 26.6 Å². The molecule has 0 atom stereocenters. The summed E-state index contributed by atoms with van der Waals surface area (Å²) in [4.78, 5) is 23.4. The molecule has 10 heteroatoms. The van der Waals surface area contributed by atoms with Crippen LogP contribution in [0.5, 0.6) is 5.75 Å². The van der Waals surface area contributed by atoms with E-state index in [1.807, 2.05) is 50.5 Å². The third kappa shape index (κ3) is 6.38. The molecule has 0 saturated carbocycles. The minimum absolute atomic E-state index is 0.0506. The van der Waals surface area contributed by atoms with Gasteiger partial charge < -0.3 is 25.3 Å². The Morgan fingerprint density at radius 3 is 2.30 bits per heavy atom. The first kappa shape index (κ1) is 29.3. The van der Waals surface area contributed by atoms with Gasteiger partial charge in [-0.2, -0.15) is 4.98 Å². The number of nitrogens with zero attached hydrogens (tertiary/aromatic N) is 4. The van der Waals surface area contributed by atoms with Crippen molar-refractivity contribution in [2.75, 3.05) is 17.7 Å². The molecule has 0 radical (unpaired) electrons. The fraction of sp³-hybridized carbons (Fsp3) is 0.500. The van der Waals surface area contributed by atoms with E-state index in [9.17, 15) is 9.18 Å². The summed E-state index contributed by atoms with van der Waals surface area (Å²) in [7, 11) is 2.14. The lowest BCUT2D eigenvalue weighted by atomic mass is 9.77. The average Bonchev–Trinajstić information content (AvgIpc) is 3.17. The Hall–Kier alpha value is -3.66. The van der Waals surface area contributed by atoms with Crippen LogP contribution in [0, 0.1) is 19.7 Å². The van der Waals surface area contributed by atoms with Crippen LogP contribution in [0.1, 0.15) is 65.8 Å². The van der Waals surface area contributed by atoms with Crippen molar-refractivity contribution >= 4 is 23.5 Å². The molecule has 1 amide bonds. The van der Waals surface area contributed by atoms with Crippen molar-refractivity contribution in [2.45, 2.75) is 91.4 Å². The fourth-order valence-electron chi connectivity index (χ4n) is 5.59. The summed E-state index contributed by atoms with van der Waals surface area (Å²) in [5.41, 5.74) is 3.21. The average molecular weight is 552 g/mol. The number of benzene rings is 1. The maximum Gasteiger partial charge on any atom is 0.412 e. The van der Waals surface area contributed by atoms with Gasteiger partial charge in [0, 0.05) is 40.2 Å². The number of piperidine rings is 1. The van der Waals surface area contributed by atoms with Gasteiger partial charge in [0.05, 0.1) is 11.9 Å². The standard InChI is InChI=1S/C30H42FN7O2/c1-18(2)33-28(39)40-25-13-12-21(14-24(25)38-19(3)10-11-20(38)4)35-27-32-17-23(31)26(36-27)34-22-15-29(5,6)37(9)30(7,8)16-22/h10-14,17-18,22H,15-16H2,1-9H3,(H,33,39)(H2,32,34,35,36). The van der Waals surface area contributed by atoms with Gasteiger partial charge in [0.1, 0.15) is 0 Å². The first-order chi connectivity index (χ1) is 18.7. The molecule has 2 aromatic heterocycles. The van der Waals surface area contributed by atoms with Crippen LogP contribution in [0.15, 0.2) is 36.5 Å². The second kappa shape index (κ2) is 11.1. The molecule has 1 saturated heterocycles. The normalized spacial score (nSPS) is 17.1. The molecule has 0 spiro atoms. The van der Waals surface area contributed by atoms with E-state index in [4.69, 9.17) is 4.74 Å². The van der Waals surface area contributed by atoms with Crippen molar-refractivity contribution in [2.24, 2.45) is 0 Å². The molecule has 1 aliphatic heterocycles. The molecular formula is C30H42FN7O2. The van der Waals surface area contributed by atoms with Crippen LogP contribution < -0.4 is 20.7 Å². The Kier molecular flexibility index (Phi) is 8.12. The van der Waals surface area contributed by atoms with Crippen LogP contribution in [0.25, 0.3) is 5.69 Å². The number of amides is 1. The third-order valence-corrected chi connectivity index (χ3v) is 7.73. The Morgan fingerprint density at radius 1 is 1.07 bits per heavy atom. The van der Waals surface area contributed by atoms with Gasteiger partial charge in [0.25, 0.3) is 0 Å². The van der Waals surface area contributed by atoms with Crippen LogP contribution in [0.2, 0.25) is 0 Å². The summed E-state index contributed by atoms with van der Waals surface area (Å²) < 4.78 is 22.5. The molecule has 40 heavy (non-hydrogen) atoms. The number of likely N-dealkylation sites (tertiary alicyclic amines) is 1. The molecule has 0 bridgehead atoms. The number of ether oxygens (including phenoxy) is 1. The third-order valence-electron chi connectivity index (χ3n) is 7.73. The highest BCUT2D eigenvalue weighted by Gasteiger charge is 2.43. The van der Waals surface area contributed by atoms with Gasteiger partial charge in [-0.05, 0) is 106 Å². The maximum absolute atomic E-state index is 14.8. The number of carbonyl (C=O) groups is 1. The lowest BCUT2D eigenvalue weighted by molar-refractivity contribution is -0.00778. The summed E-state index contributed by atoms with van der Waals surface area (Å²) in [6.45, 7) is 16.5. The number of carbonyl (C=O) groups excluding carboxylic acids is 1. The Morgan fingerprint density at radius 2 is 1.70 bits per heavy atom. The topological polar surface area (TPSA) is 96.3 Å². The Bertz CT molecular complexity index is 1340. The van der Waals surface area contributed by atoms with Gasteiger partial charge in [0.2, 0.25) is 5.95 Å². The predicted molar refractivity (Wildman–Crippen MR) is 157 cm³/mol. The number of aryl methyl sites for hydroxylation is 2. The molecule has 1 aliphatic rings. The van der Waals surface area contributed by atoms with Gasteiger partial charge in [-0.3, -0.25) is 4.90 Å². The zero-order valence-corrected chi connectivity index (χ0v) is 25.0. The first-order valence-corrected chi connectivity index (χ1v) is 13.7. The van der Waals surface area contributed by atoms with E-state index in [1.165, 1.54) is 6.20 Å². The smallest absolute Gasteiger partial charge is 0.408 e. The highest BCUT2D eigenvalue weighted by Crippen LogP contribution is 2.38. The number of aromatic nitrogens is 3. The van der Waals surface area contributed by atoms with E-state index in [0.717, 1.165) is 24.2 Å². The monoisotopic (exact) mass is 551 g/mol. The first-order valence-electron chi connectivity index (χ1n) is 13.7. The van der Waals surface area contributed by atoms with E-state index >= 15 is 0 Å². The summed E-state index contributed by atoms with van der Waals surface area (Å²) in [6, 6.07) is 9.36. The van der Waals surface area contributed by atoms with E-state index < -0.39 is 11.9 Å². The molecule has 3 N–H and O–H groups in total. The molecule has 4 rings (SSSR count). The predicted octanol–water partition coefficient (Wildman–Crippen LogP) is 6.33. The van der Waals surface area contributed by atoms with Crippen molar-refractivity contribution in [3.05, 3.63) is 53.7 Å². The molecule has 1 fully saturated rings. The number of rotatable bonds is 7. The van der Waals surface area contributed by atoms with E-state index in [-0.39, 0.29) is 34.9 Å². The molecular weight excluding hydrogens is 509 g/mol. The Balaban J connectivity index is 1.61. The minimum atomic E-state index is -0.530. The van der Waals surface area contributed by atoms with Crippen molar-refractivity contribution in [3.63, 3.8) is 0 Å². The minimum Gasteiger partial charge on any atom is -0.408 e. The SMILES string of the molecule is Cc1ccc(C)n1-c1cc(Nc2ncc(F)c(NC3CC(C)(C)N(C)C(C)(C)C3)n2)ccc1OC(=O)NC(C)C. The highest BCUT2D eigenvalue weighted by molar-refractivity contribution is 5.74. The number of halogens is 1. The molecule has 9 nitrogen and oxygen atoms in total. The van der Waals surface area contributed by atoms with Crippen molar-refractivity contribution in [1.82, 2.24) is 24.8 Å². The van der Waals surface area contributed by atoms with Crippen LogP contribution in [-0.4, -0.2) is 55.7 Å². The van der Waals surface area contributed by atoms with Gasteiger partial charge in [-0.1, -0.05) is 0 Å². The molecule has 3 heterocycles. The van der Waals surface area contributed by atoms with Gasteiger partial charge in [-0.15, -0.1) is 0 Å². The van der Waals surface area contributed by atoms with E-state index in [0.29, 0.717) is 17.1 Å². The fourth-order valence-corrected chi connectivity index (χ4v) is 5.59. The number of anilines is 3. The van der Waals surface area contributed by atoms with Crippen molar-refractivity contribution in [1.29, 1.82) is 0 Å². The van der Waals surface area contributed by atoms with E-state index in [2.05, 4.69) is 65.6 Å². The highest BCUT2D eigenvalue weighted by atomic mass is 19.1. The molecule has 3 aromatic rings. The summed E-state index contributed by atoms with van der Waals surface area (Å²) in [6.07, 6.45) is 2.35. The summed E-state index contributed by atoms with van der Waals surface area (Å²) >= 11 is 0. The maximum atomic E-state index is 14.8. The van der Waals surface area contributed by atoms with Crippen LogP contribution in [0.3, 0.4) is 0 Å². The Labute approximate surface area is 236 Å². The second-order valence-corrected chi connectivity index (χ2v) is 12.3. The zero-order valence-electron chi connectivity index (χ0n) is 25.0. The quantitative estimate of drug-likeness (QED) is 0.316. The molecule has 1 aromatic carbocycles. The van der Waals surface area contributed by atoms with E-state index in [1.54, 1.807) is 12.1 Å².